The highest BCUT2D eigenvalue weighted by Gasteiger charge is 2.28. The summed E-state index contributed by atoms with van der Waals surface area (Å²) in [5.41, 5.74) is 9.49. The zero-order valence-electron chi connectivity index (χ0n) is 26.4. The summed E-state index contributed by atoms with van der Waals surface area (Å²) in [6, 6.07) is 58.6. The van der Waals surface area contributed by atoms with Gasteiger partial charge in [-0.2, -0.15) is 4.36 Å². The summed E-state index contributed by atoms with van der Waals surface area (Å²) in [6.45, 7) is 0. The predicted octanol–water partition coefficient (Wildman–Crippen LogP) is 11.7. The number of rotatable bonds is 4. The molecule has 5 heteroatoms. The Balaban J connectivity index is 1.20. The van der Waals surface area contributed by atoms with E-state index in [2.05, 4.69) is 124 Å². The highest BCUT2D eigenvalue weighted by molar-refractivity contribution is 8.02. The minimum Gasteiger partial charge on any atom is -0.309 e. The van der Waals surface area contributed by atoms with Crippen LogP contribution in [-0.4, -0.2) is 13.3 Å². The monoisotopic (exact) mass is 647 g/mol. The van der Waals surface area contributed by atoms with E-state index in [1.807, 2.05) is 60.7 Å². The first-order chi connectivity index (χ1) is 24.2. The lowest BCUT2D eigenvalue weighted by Gasteiger charge is -2.22. The predicted molar refractivity (Wildman–Crippen MR) is 205 cm³/mol. The van der Waals surface area contributed by atoms with E-state index < -0.39 is 9.73 Å². The highest BCUT2D eigenvalue weighted by atomic mass is 32.2. The second-order valence-corrected chi connectivity index (χ2v) is 14.6. The van der Waals surface area contributed by atoms with Crippen molar-refractivity contribution in [3.8, 4) is 16.8 Å². The van der Waals surface area contributed by atoms with Crippen LogP contribution in [0.15, 0.2) is 179 Å². The van der Waals surface area contributed by atoms with Crippen molar-refractivity contribution in [2.24, 2.45) is 4.36 Å². The molecule has 7 aromatic carbocycles. The van der Waals surface area contributed by atoms with Crippen LogP contribution < -0.4 is 0 Å². The molecular formula is C44H29N3OS. The van der Waals surface area contributed by atoms with Gasteiger partial charge in [-0.25, -0.2) is 4.21 Å². The Hall–Kier alpha value is -6.17. The molecule has 2 aromatic heterocycles. The molecule has 49 heavy (non-hydrogen) atoms. The molecule has 0 amide bonds. The van der Waals surface area contributed by atoms with E-state index in [0.717, 1.165) is 49.9 Å². The molecule has 1 aliphatic heterocycles. The maximum absolute atomic E-state index is 15.3. The molecule has 1 aliphatic rings. The largest absolute Gasteiger partial charge is 0.309 e. The van der Waals surface area contributed by atoms with Gasteiger partial charge in [-0.3, -0.25) is 0 Å². The van der Waals surface area contributed by atoms with Gasteiger partial charge >= 0.3 is 0 Å². The fourth-order valence-electron chi connectivity index (χ4n) is 7.46. The lowest BCUT2D eigenvalue weighted by molar-refractivity contribution is 0.682. The van der Waals surface area contributed by atoms with Gasteiger partial charge in [-0.05, 0) is 83.9 Å². The van der Waals surface area contributed by atoms with Crippen LogP contribution >= 0.6 is 0 Å². The van der Waals surface area contributed by atoms with Gasteiger partial charge in [0, 0.05) is 32.8 Å². The third-order valence-corrected chi connectivity index (χ3v) is 11.9. The average molecular weight is 648 g/mol. The van der Waals surface area contributed by atoms with Crippen LogP contribution in [0.1, 0.15) is 5.56 Å². The van der Waals surface area contributed by atoms with Crippen molar-refractivity contribution in [1.29, 1.82) is 0 Å². The Bertz CT molecular complexity index is 2930. The minimum absolute atomic E-state index is 0.673. The van der Waals surface area contributed by atoms with Crippen LogP contribution in [0.4, 0.5) is 5.69 Å². The van der Waals surface area contributed by atoms with E-state index in [9.17, 15) is 0 Å². The van der Waals surface area contributed by atoms with E-state index in [1.165, 1.54) is 21.8 Å². The molecule has 232 valence electrons. The van der Waals surface area contributed by atoms with E-state index >= 15 is 4.21 Å². The zero-order valence-corrected chi connectivity index (χ0v) is 27.2. The summed E-state index contributed by atoms with van der Waals surface area (Å²) < 4.78 is 24.7. The summed E-state index contributed by atoms with van der Waals surface area (Å²) in [7, 11) is -3.01. The molecule has 0 saturated carbocycles. The van der Waals surface area contributed by atoms with E-state index in [4.69, 9.17) is 4.36 Å². The van der Waals surface area contributed by atoms with Crippen molar-refractivity contribution in [2.45, 2.75) is 4.90 Å². The molecule has 0 fully saturated rings. The number of fused-ring (bicyclic) bond motifs is 7. The number of hydrogen-bond donors (Lipinski definition) is 0. The number of aromatic nitrogens is 2. The number of para-hydroxylation sites is 3. The molecule has 0 spiro atoms. The van der Waals surface area contributed by atoms with Gasteiger partial charge in [0.2, 0.25) is 0 Å². The molecule has 3 heterocycles. The Morgan fingerprint density at radius 1 is 0.449 bits per heavy atom. The first kappa shape index (κ1) is 27.9. The second kappa shape index (κ2) is 10.7. The van der Waals surface area contributed by atoms with Crippen molar-refractivity contribution < 1.29 is 4.21 Å². The molecule has 9 aromatic rings. The standard InChI is InChI=1S/C44H29N3OS/c48-49(34-16-5-2-6-17-34)44(29-32-13-7-10-20-39(32)45-49)47-41-22-12-9-19-36(41)38-28-31(24-26-43(38)47)30-23-25-42-37(27-30)35-18-8-11-21-40(35)46(42)33-14-3-1-4-15-33/h1-29H. The summed E-state index contributed by atoms with van der Waals surface area (Å²) in [6.07, 6.45) is 2.06. The van der Waals surface area contributed by atoms with Crippen LogP contribution in [0.25, 0.3) is 71.5 Å². The van der Waals surface area contributed by atoms with Crippen molar-refractivity contribution in [1.82, 2.24) is 9.13 Å². The summed E-state index contributed by atoms with van der Waals surface area (Å²) in [5, 5.41) is 5.33. The molecular weight excluding hydrogens is 619 g/mol. The van der Waals surface area contributed by atoms with Crippen LogP contribution in [0.3, 0.4) is 0 Å². The van der Waals surface area contributed by atoms with Gasteiger partial charge in [0.15, 0.2) is 0 Å². The molecule has 0 N–H and O–H groups in total. The third kappa shape index (κ3) is 4.19. The SMILES string of the molecule is O=S1(c2ccccc2)=Nc2ccccc2C=C1n1c2ccccc2c2cc(-c3ccc4c(c3)c3ccccc3n4-c3ccccc3)ccc21. The van der Waals surface area contributed by atoms with E-state index in [0.29, 0.717) is 9.92 Å². The maximum atomic E-state index is 15.3. The molecule has 10 rings (SSSR count). The topological polar surface area (TPSA) is 39.3 Å². The number of nitrogens with zero attached hydrogens (tertiary/aromatic N) is 3. The Labute approximate surface area is 284 Å². The molecule has 1 atom stereocenters. The van der Waals surface area contributed by atoms with Crippen LogP contribution in [0.2, 0.25) is 0 Å². The summed E-state index contributed by atoms with van der Waals surface area (Å²) in [5.74, 6) is 0. The van der Waals surface area contributed by atoms with E-state index in [-0.39, 0.29) is 0 Å². The summed E-state index contributed by atoms with van der Waals surface area (Å²) in [4.78, 5) is 0.696. The minimum atomic E-state index is -3.01. The smallest absolute Gasteiger partial charge is 0.126 e. The fraction of sp³-hybridized carbons (Fsp3) is 0. The Morgan fingerprint density at radius 2 is 0.959 bits per heavy atom. The van der Waals surface area contributed by atoms with Gasteiger partial charge in [0.1, 0.15) is 14.8 Å². The normalized spacial score (nSPS) is 15.8. The average Bonchev–Trinajstić information content (AvgIpc) is 3.67. The lowest BCUT2D eigenvalue weighted by atomic mass is 10.0. The van der Waals surface area contributed by atoms with Gasteiger partial charge in [0.05, 0.1) is 32.6 Å². The number of hydrogen-bond acceptors (Lipinski definition) is 2. The lowest BCUT2D eigenvalue weighted by Crippen LogP contribution is -2.12. The van der Waals surface area contributed by atoms with Gasteiger partial charge < -0.3 is 9.13 Å². The third-order valence-electron chi connectivity index (χ3n) is 9.70. The fourth-order valence-corrected chi connectivity index (χ4v) is 9.60. The van der Waals surface area contributed by atoms with Crippen molar-refractivity contribution >= 4 is 70.1 Å². The molecule has 0 saturated heterocycles. The Kier molecular flexibility index (Phi) is 6.08. The first-order valence-corrected chi connectivity index (χ1v) is 17.9. The van der Waals surface area contributed by atoms with Crippen molar-refractivity contribution in [3.63, 3.8) is 0 Å². The first-order valence-electron chi connectivity index (χ1n) is 16.4. The zero-order chi connectivity index (χ0) is 32.5. The van der Waals surface area contributed by atoms with Crippen LogP contribution in [0, 0.1) is 0 Å². The van der Waals surface area contributed by atoms with Gasteiger partial charge in [-0.1, -0.05) is 103 Å². The summed E-state index contributed by atoms with van der Waals surface area (Å²) >= 11 is 0. The van der Waals surface area contributed by atoms with Gasteiger partial charge in [0.25, 0.3) is 0 Å². The van der Waals surface area contributed by atoms with Crippen molar-refractivity contribution in [2.75, 3.05) is 0 Å². The molecule has 0 aliphatic carbocycles. The van der Waals surface area contributed by atoms with Crippen LogP contribution in [0.5, 0.6) is 0 Å². The Morgan fingerprint density at radius 3 is 1.63 bits per heavy atom. The molecule has 0 bridgehead atoms. The van der Waals surface area contributed by atoms with Crippen molar-refractivity contribution in [3.05, 3.63) is 175 Å². The molecule has 1 unspecified atom stereocenters. The quantitative estimate of drug-likeness (QED) is 0.187. The second-order valence-electron chi connectivity index (χ2n) is 12.5. The van der Waals surface area contributed by atoms with E-state index in [1.54, 1.807) is 0 Å². The molecule has 4 nitrogen and oxygen atoms in total. The van der Waals surface area contributed by atoms with Gasteiger partial charge in [-0.15, -0.1) is 0 Å². The highest BCUT2D eigenvalue weighted by Crippen LogP contribution is 2.43. The molecule has 0 radical (unpaired) electrons. The maximum Gasteiger partial charge on any atom is 0.126 e. The number of benzene rings is 7. The van der Waals surface area contributed by atoms with Crippen LogP contribution in [-0.2, 0) is 9.73 Å².